The summed E-state index contributed by atoms with van der Waals surface area (Å²) in [5.41, 5.74) is 0. The molecule has 5 heavy (non-hydrogen) atoms. The maximum Gasteiger partial charge on any atom is 0 e. The van der Waals surface area contributed by atoms with E-state index in [1.54, 1.807) is 0 Å². The fourth-order valence-corrected chi connectivity index (χ4v) is 0. The van der Waals surface area contributed by atoms with Gasteiger partial charge in [0.25, 0.3) is 0 Å². The molecular formula is Cl3CuGe. The minimum Gasteiger partial charge on any atom is 0 e. The summed E-state index contributed by atoms with van der Waals surface area (Å²) in [6.07, 6.45) is 0. The van der Waals surface area contributed by atoms with Gasteiger partial charge in [0.15, 0.2) is 0 Å². The molecule has 0 aromatic rings. The Bertz CT molecular complexity index is 11.6. The second-order valence-corrected chi connectivity index (χ2v) is 10.0. The Labute approximate surface area is 58.3 Å². The molecule has 0 aliphatic rings. The van der Waals surface area contributed by atoms with Crippen LogP contribution in [0.3, 0.4) is 0 Å². The number of hydrogen-bond donors (Lipinski definition) is 0. The van der Waals surface area contributed by atoms with Gasteiger partial charge in [-0.2, -0.15) is 0 Å². The molecule has 0 bridgehead atoms. The average molecular weight is 243 g/mol. The Hall–Kier alpha value is 1.93. The van der Waals surface area contributed by atoms with Crippen molar-refractivity contribution in [3.05, 3.63) is 0 Å². The van der Waals surface area contributed by atoms with Gasteiger partial charge in [-0.15, -0.1) is 0 Å². The summed E-state index contributed by atoms with van der Waals surface area (Å²) < 4.78 is 0. The van der Waals surface area contributed by atoms with Gasteiger partial charge in [0.2, 0.25) is 0 Å². The third kappa shape index (κ3) is 24.6. The Morgan fingerprint density at radius 2 is 1.00 bits per heavy atom. The van der Waals surface area contributed by atoms with Crippen molar-refractivity contribution in [1.82, 2.24) is 0 Å². The van der Waals surface area contributed by atoms with Crippen LogP contribution in [-0.2, 0) is 17.1 Å². The molecule has 0 saturated heterocycles. The number of halogens is 3. The van der Waals surface area contributed by atoms with E-state index in [0.29, 0.717) is 0 Å². The van der Waals surface area contributed by atoms with Crippen molar-refractivity contribution in [3.63, 3.8) is 0 Å². The smallest absolute Gasteiger partial charge is 0 e. The standard InChI is InChI=1S/Cl3Ge.Cu/c1-4(2)3;. The molecule has 0 fully saturated rings. The topological polar surface area (TPSA) is 0 Å². The van der Waals surface area contributed by atoms with E-state index in [4.69, 9.17) is 30.0 Å². The van der Waals surface area contributed by atoms with Crippen LogP contribution in [0.1, 0.15) is 0 Å². The molecule has 0 saturated carbocycles. The van der Waals surface area contributed by atoms with Crippen LogP contribution in [0.4, 0.5) is 0 Å². The fourth-order valence-electron chi connectivity index (χ4n) is 0. The van der Waals surface area contributed by atoms with Crippen molar-refractivity contribution < 1.29 is 17.1 Å². The first-order chi connectivity index (χ1) is 1.73. The van der Waals surface area contributed by atoms with Gasteiger partial charge in [-0.25, -0.2) is 0 Å². The van der Waals surface area contributed by atoms with E-state index in [1.165, 1.54) is 0 Å². The zero-order valence-electron chi connectivity index (χ0n) is 1.94. The van der Waals surface area contributed by atoms with Gasteiger partial charge in [0.1, 0.15) is 0 Å². The van der Waals surface area contributed by atoms with E-state index in [9.17, 15) is 0 Å². The third-order valence-electron chi connectivity index (χ3n) is 0. The van der Waals surface area contributed by atoms with E-state index in [1.807, 2.05) is 0 Å². The minimum atomic E-state index is -1.92. The predicted molar refractivity (Wildman–Crippen MR) is 23.3 cm³/mol. The van der Waals surface area contributed by atoms with Gasteiger partial charge in [-0.05, 0) is 0 Å². The summed E-state index contributed by atoms with van der Waals surface area (Å²) >= 11 is -1.92. The molecule has 2 radical (unpaired) electrons. The first kappa shape index (κ1) is 10.0. The van der Waals surface area contributed by atoms with Crippen LogP contribution in [0.5, 0.6) is 0 Å². The number of rotatable bonds is 0. The average Bonchev–Trinajstić information content (AvgIpc) is 0.811. The van der Waals surface area contributed by atoms with Gasteiger partial charge in [-0.1, -0.05) is 0 Å². The van der Waals surface area contributed by atoms with Gasteiger partial charge in [-0.3, -0.25) is 0 Å². The zero-order chi connectivity index (χ0) is 3.58. The second-order valence-electron chi connectivity index (χ2n) is 0.214. The van der Waals surface area contributed by atoms with Gasteiger partial charge >= 0.3 is 41.6 Å². The van der Waals surface area contributed by atoms with Crippen molar-refractivity contribution in [2.24, 2.45) is 0 Å². The van der Waals surface area contributed by atoms with Crippen LogP contribution in [-0.4, -0.2) is 11.6 Å². The van der Waals surface area contributed by atoms with Crippen LogP contribution in [0.15, 0.2) is 0 Å². The van der Waals surface area contributed by atoms with Crippen molar-refractivity contribution in [3.8, 4) is 0 Å². The normalized spacial score (nSPS) is 7.20. The summed E-state index contributed by atoms with van der Waals surface area (Å²) in [5.74, 6) is 0. The molecule has 5 heteroatoms. The molecule has 0 amide bonds. The van der Waals surface area contributed by atoms with Crippen molar-refractivity contribution in [2.45, 2.75) is 0 Å². The fraction of sp³-hybridized carbons (Fsp3) is 0. The van der Waals surface area contributed by atoms with Crippen molar-refractivity contribution >= 4 is 41.6 Å². The molecule has 36 valence electrons. The molecule has 0 atom stereocenters. The van der Waals surface area contributed by atoms with Crippen molar-refractivity contribution in [2.75, 3.05) is 0 Å². The largest absolute Gasteiger partial charge is 0 e. The summed E-state index contributed by atoms with van der Waals surface area (Å²) in [6.45, 7) is 0. The summed E-state index contributed by atoms with van der Waals surface area (Å²) in [7, 11) is 14.9. The number of hydrogen-bond acceptors (Lipinski definition) is 0. The molecule has 0 N–H and O–H groups in total. The van der Waals surface area contributed by atoms with E-state index in [0.717, 1.165) is 0 Å². The quantitative estimate of drug-likeness (QED) is 0.567. The van der Waals surface area contributed by atoms with E-state index in [-0.39, 0.29) is 17.1 Å². The van der Waals surface area contributed by atoms with Crippen LogP contribution in [0.2, 0.25) is 0 Å². The third-order valence-corrected chi connectivity index (χ3v) is 0. The first-order valence-electron chi connectivity index (χ1n) is 0.567. The zero-order valence-corrected chi connectivity index (χ0v) is 7.24. The molecule has 0 unspecified atom stereocenters. The van der Waals surface area contributed by atoms with E-state index < -0.39 is 11.6 Å². The van der Waals surface area contributed by atoms with Gasteiger partial charge in [0, 0.05) is 17.1 Å². The minimum absolute atomic E-state index is 0. The van der Waals surface area contributed by atoms with Crippen LogP contribution in [0.25, 0.3) is 0 Å². The van der Waals surface area contributed by atoms with Crippen LogP contribution >= 0.6 is 30.0 Å². The first-order valence-corrected chi connectivity index (χ1v) is 8.84. The summed E-state index contributed by atoms with van der Waals surface area (Å²) in [4.78, 5) is 0. The Kier molecular flexibility index (Phi) is 11.9. The van der Waals surface area contributed by atoms with Gasteiger partial charge < -0.3 is 0 Å². The van der Waals surface area contributed by atoms with E-state index >= 15 is 0 Å². The molecule has 0 aromatic heterocycles. The van der Waals surface area contributed by atoms with Gasteiger partial charge in [0.05, 0.1) is 0 Å². The molecule has 0 heterocycles. The maximum absolute atomic E-state index is 4.97. The molecule has 0 nitrogen and oxygen atoms in total. The molecule has 0 aliphatic carbocycles. The summed E-state index contributed by atoms with van der Waals surface area (Å²) in [6, 6.07) is 0. The predicted octanol–water partition coefficient (Wildman–Crippen LogP) is 1.69. The van der Waals surface area contributed by atoms with E-state index in [2.05, 4.69) is 0 Å². The monoisotopic (exact) mass is 242 g/mol. The van der Waals surface area contributed by atoms with Crippen LogP contribution < -0.4 is 0 Å². The Morgan fingerprint density at radius 1 is 1.00 bits per heavy atom. The summed E-state index contributed by atoms with van der Waals surface area (Å²) in [5, 5.41) is 0. The SMILES string of the molecule is [Cl][Ge]([Cl])[Cl].[Cu]. The molecular weight excluding hydrogens is 243 g/mol. The Morgan fingerprint density at radius 3 is 1.00 bits per heavy atom. The molecule has 0 aromatic carbocycles. The maximum atomic E-state index is 4.97. The Balaban J connectivity index is 0. The van der Waals surface area contributed by atoms with Crippen molar-refractivity contribution in [1.29, 1.82) is 0 Å². The molecule has 0 aliphatic heterocycles. The molecule has 0 rings (SSSR count). The van der Waals surface area contributed by atoms with Crippen LogP contribution in [0, 0.1) is 0 Å². The molecule has 0 spiro atoms. The second kappa shape index (κ2) is 5.93.